The van der Waals surface area contributed by atoms with Crippen LogP contribution in [0.15, 0.2) is 18.2 Å². The zero-order valence-electron chi connectivity index (χ0n) is 8.82. The molecule has 0 fully saturated rings. The average Bonchev–Trinajstić information content (AvgIpc) is 2.26. The summed E-state index contributed by atoms with van der Waals surface area (Å²) in [4.78, 5) is 11.5. The van der Waals surface area contributed by atoms with Crippen molar-refractivity contribution >= 4 is 5.97 Å². The van der Waals surface area contributed by atoms with Gasteiger partial charge in [0.25, 0.3) is 0 Å². The van der Waals surface area contributed by atoms with Gasteiger partial charge < -0.3 is 14.6 Å². The molecular formula is C11H14O4. The fourth-order valence-electron chi connectivity index (χ4n) is 1.08. The Morgan fingerprint density at radius 1 is 1.47 bits per heavy atom. The van der Waals surface area contributed by atoms with Gasteiger partial charge in [-0.1, -0.05) is 6.92 Å². The first-order chi connectivity index (χ1) is 7.19. The Hall–Kier alpha value is -1.71. The number of esters is 1. The number of carbonyl (C=O) groups excluding carboxylic acids is 1. The van der Waals surface area contributed by atoms with Crippen LogP contribution in [0.3, 0.4) is 0 Å². The van der Waals surface area contributed by atoms with Crippen LogP contribution in [-0.4, -0.2) is 24.8 Å². The Labute approximate surface area is 88.4 Å². The number of phenolic OH excluding ortho intramolecular Hbond substituents is 1. The fraction of sp³-hybridized carbons (Fsp3) is 0.364. The van der Waals surface area contributed by atoms with Crippen molar-refractivity contribution in [1.29, 1.82) is 0 Å². The molecule has 0 spiro atoms. The van der Waals surface area contributed by atoms with Crippen molar-refractivity contribution in [2.24, 2.45) is 0 Å². The smallest absolute Gasteiger partial charge is 0.342 e. The molecule has 1 rings (SSSR count). The largest absolute Gasteiger partial charge is 0.507 e. The van der Waals surface area contributed by atoms with Crippen LogP contribution in [0, 0.1) is 0 Å². The lowest BCUT2D eigenvalue weighted by atomic mass is 10.2. The molecule has 1 aromatic carbocycles. The molecule has 0 aromatic heterocycles. The van der Waals surface area contributed by atoms with E-state index in [0.29, 0.717) is 12.4 Å². The molecule has 4 heteroatoms. The number of hydrogen-bond acceptors (Lipinski definition) is 4. The molecule has 0 saturated carbocycles. The number of methoxy groups -OCH3 is 1. The lowest BCUT2D eigenvalue weighted by Gasteiger charge is -2.06. The second kappa shape index (κ2) is 5.24. The van der Waals surface area contributed by atoms with Gasteiger partial charge in [0.05, 0.1) is 13.7 Å². The van der Waals surface area contributed by atoms with Crippen molar-refractivity contribution < 1.29 is 19.4 Å². The minimum atomic E-state index is -0.534. The lowest BCUT2D eigenvalue weighted by Crippen LogP contribution is -2.06. The normalized spacial score (nSPS) is 9.73. The van der Waals surface area contributed by atoms with Gasteiger partial charge in [0.1, 0.15) is 17.1 Å². The molecule has 0 saturated heterocycles. The van der Waals surface area contributed by atoms with Crippen LogP contribution < -0.4 is 4.74 Å². The van der Waals surface area contributed by atoms with Crippen LogP contribution in [0.25, 0.3) is 0 Å². The number of ether oxygens (including phenoxy) is 2. The Bertz CT molecular complexity index is 346. The maximum Gasteiger partial charge on any atom is 0.342 e. The van der Waals surface area contributed by atoms with E-state index in [4.69, 9.17) is 9.47 Å². The van der Waals surface area contributed by atoms with Gasteiger partial charge in [-0.15, -0.1) is 0 Å². The average molecular weight is 210 g/mol. The Balaban J connectivity index is 2.86. The summed E-state index contributed by atoms with van der Waals surface area (Å²) < 4.78 is 9.85. The van der Waals surface area contributed by atoms with Gasteiger partial charge in [0.2, 0.25) is 0 Å². The minimum Gasteiger partial charge on any atom is -0.507 e. The highest BCUT2D eigenvalue weighted by atomic mass is 16.5. The highest BCUT2D eigenvalue weighted by Gasteiger charge is 2.13. The molecule has 0 radical (unpaired) electrons. The van der Waals surface area contributed by atoms with E-state index in [-0.39, 0.29) is 11.3 Å². The van der Waals surface area contributed by atoms with Gasteiger partial charge >= 0.3 is 5.97 Å². The molecule has 15 heavy (non-hydrogen) atoms. The predicted octanol–water partition coefficient (Wildman–Crippen LogP) is 1.97. The van der Waals surface area contributed by atoms with Crippen molar-refractivity contribution in [1.82, 2.24) is 0 Å². The van der Waals surface area contributed by atoms with Gasteiger partial charge in [0.15, 0.2) is 0 Å². The van der Waals surface area contributed by atoms with Crippen LogP contribution in [-0.2, 0) is 4.74 Å². The van der Waals surface area contributed by atoms with E-state index in [1.54, 1.807) is 6.07 Å². The Morgan fingerprint density at radius 2 is 2.20 bits per heavy atom. The second-order valence-corrected chi connectivity index (χ2v) is 3.02. The maximum absolute atomic E-state index is 11.5. The van der Waals surface area contributed by atoms with Gasteiger partial charge in [-0.2, -0.15) is 0 Å². The van der Waals surface area contributed by atoms with E-state index in [2.05, 4.69) is 0 Å². The molecule has 0 bridgehead atoms. The topological polar surface area (TPSA) is 55.8 Å². The van der Waals surface area contributed by atoms with Gasteiger partial charge in [-0.25, -0.2) is 4.79 Å². The van der Waals surface area contributed by atoms with Crippen molar-refractivity contribution in [3.63, 3.8) is 0 Å². The van der Waals surface area contributed by atoms with E-state index >= 15 is 0 Å². The molecule has 0 atom stereocenters. The number of hydrogen-bond donors (Lipinski definition) is 1. The maximum atomic E-state index is 11.5. The number of aromatic hydroxyl groups is 1. The molecule has 4 nitrogen and oxygen atoms in total. The molecule has 0 aliphatic carbocycles. The van der Waals surface area contributed by atoms with Crippen molar-refractivity contribution in [2.45, 2.75) is 13.3 Å². The van der Waals surface area contributed by atoms with Gasteiger partial charge in [0, 0.05) is 0 Å². The predicted molar refractivity (Wildman–Crippen MR) is 55.2 cm³/mol. The summed E-state index contributed by atoms with van der Waals surface area (Å²) >= 11 is 0. The van der Waals surface area contributed by atoms with E-state index in [0.717, 1.165) is 6.42 Å². The van der Waals surface area contributed by atoms with E-state index in [1.807, 2.05) is 6.92 Å². The monoisotopic (exact) mass is 210 g/mol. The molecule has 0 aliphatic rings. The number of carbonyl (C=O) groups is 1. The third-order valence-corrected chi connectivity index (χ3v) is 1.86. The summed E-state index contributed by atoms with van der Waals surface area (Å²) in [6.07, 6.45) is 0.746. The fourth-order valence-corrected chi connectivity index (χ4v) is 1.08. The summed E-state index contributed by atoms with van der Waals surface area (Å²) in [6.45, 7) is 2.24. The molecule has 0 unspecified atom stereocenters. The molecular weight excluding hydrogens is 196 g/mol. The van der Waals surface area contributed by atoms with Crippen LogP contribution in [0.1, 0.15) is 23.7 Å². The Kier molecular flexibility index (Phi) is 3.97. The molecule has 0 amide bonds. The highest BCUT2D eigenvalue weighted by Crippen LogP contribution is 2.23. The second-order valence-electron chi connectivity index (χ2n) is 3.02. The van der Waals surface area contributed by atoms with E-state index in [1.165, 1.54) is 19.2 Å². The first-order valence-corrected chi connectivity index (χ1v) is 4.73. The van der Waals surface area contributed by atoms with Crippen molar-refractivity contribution in [2.75, 3.05) is 13.7 Å². The molecule has 0 aliphatic heterocycles. The van der Waals surface area contributed by atoms with Crippen LogP contribution in [0.5, 0.6) is 11.5 Å². The van der Waals surface area contributed by atoms with Crippen molar-refractivity contribution in [3.05, 3.63) is 23.8 Å². The number of phenols is 1. The quantitative estimate of drug-likeness (QED) is 0.772. The number of rotatable bonds is 4. The first kappa shape index (κ1) is 11.4. The summed E-state index contributed by atoms with van der Waals surface area (Å²) in [5.74, 6) is -0.124. The highest BCUT2D eigenvalue weighted by molar-refractivity contribution is 5.92. The summed E-state index contributed by atoms with van der Waals surface area (Å²) in [7, 11) is 1.49. The summed E-state index contributed by atoms with van der Waals surface area (Å²) in [5.41, 5.74) is 0.128. The summed E-state index contributed by atoms with van der Waals surface area (Å²) in [6, 6.07) is 4.43. The van der Waals surface area contributed by atoms with Crippen molar-refractivity contribution in [3.8, 4) is 11.5 Å². The molecule has 1 aromatic rings. The lowest BCUT2D eigenvalue weighted by molar-refractivity contribution is 0.0501. The van der Waals surface area contributed by atoms with Crippen LogP contribution >= 0.6 is 0 Å². The third-order valence-electron chi connectivity index (χ3n) is 1.86. The zero-order chi connectivity index (χ0) is 11.3. The standard InChI is InChI=1S/C11H14O4/c1-3-6-15-11(13)9-7-8(14-2)4-5-10(9)12/h4-5,7,12H,3,6H2,1-2H3. The molecule has 1 N–H and O–H groups in total. The van der Waals surface area contributed by atoms with E-state index in [9.17, 15) is 9.90 Å². The molecule has 0 heterocycles. The van der Waals surface area contributed by atoms with Gasteiger partial charge in [-0.05, 0) is 24.6 Å². The zero-order valence-corrected chi connectivity index (χ0v) is 8.82. The Morgan fingerprint density at radius 3 is 2.80 bits per heavy atom. The first-order valence-electron chi connectivity index (χ1n) is 4.73. The summed E-state index contributed by atoms with van der Waals surface area (Å²) in [5, 5.41) is 9.44. The SMILES string of the molecule is CCCOC(=O)c1cc(OC)ccc1O. The third kappa shape index (κ3) is 2.87. The minimum absolute atomic E-state index is 0.100. The van der Waals surface area contributed by atoms with Crippen LogP contribution in [0.4, 0.5) is 0 Å². The molecule has 82 valence electrons. The van der Waals surface area contributed by atoms with Gasteiger partial charge in [-0.3, -0.25) is 0 Å². The number of benzene rings is 1. The van der Waals surface area contributed by atoms with E-state index < -0.39 is 5.97 Å². The van der Waals surface area contributed by atoms with Crippen LogP contribution in [0.2, 0.25) is 0 Å².